The predicted molar refractivity (Wildman–Crippen MR) is 95.3 cm³/mol. The molecule has 1 aromatic carbocycles. The maximum atomic E-state index is 12.4. The van der Waals surface area contributed by atoms with Crippen molar-refractivity contribution in [2.24, 2.45) is 10.1 Å². The quantitative estimate of drug-likeness (QED) is 0.460. The van der Waals surface area contributed by atoms with Gasteiger partial charge in [-0.15, -0.1) is 0 Å². The van der Waals surface area contributed by atoms with Crippen LogP contribution in [0.4, 0.5) is 4.79 Å². The van der Waals surface area contributed by atoms with Crippen molar-refractivity contribution in [1.29, 1.82) is 0 Å². The number of aliphatic imine (C=N–C) groups is 1. The largest absolute Gasteiger partial charge is 0.333 e. The Morgan fingerprint density at radius 3 is 2.65 bits per heavy atom. The van der Waals surface area contributed by atoms with Crippen molar-refractivity contribution in [3.63, 3.8) is 0 Å². The van der Waals surface area contributed by atoms with E-state index in [-0.39, 0.29) is 6.54 Å². The summed E-state index contributed by atoms with van der Waals surface area (Å²) in [4.78, 5) is 42.8. The molecule has 2 aliphatic heterocycles. The number of aryl methyl sites for hydroxylation is 1. The van der Waals surface area contributed by atoms with Gasteiger partial charge >= 0.3 is 6.03 Å². The molecular weight excluding hydrogens is 336 g/mol. The minimum absolute atomic E-state index is 0.107. The van der Waals surface area contributed by atoms with Crippen molar-refractivity contribution in [1.82, 2.24) is 15.2 Å². The van der Waals surface area contributed by atoms with Crippen LogP contribution in [0.2, 0.25) is 0 Å². The molecule has 9 nitrogen and oxygen atoms in total. The second-order valence-corrected chi connectivity index (χ2v) is 6.12. The van der Waals surface area contributed by atoms with Crippen LogP contribution < -0.4 is 5.43 Å². The molecule has 0 spiro atoms. The van der Waals surface area contributed by atoms with Gasteiger partial charge in [-0.25, -0.2) is 14.8 Å². The number of nitrogens with zero attached hydrogens (tertiary/aromatic N) is 5. The highest BCUT2D eigenvalue weighted by molar-refractivity contribution is 6.21. The summed E-state index contributed by atoms with van der Waals surface area (Å²) in [6, 6.07) is 6.45. The number of hydrogen-bond donors (Lipinski definition) is 1. The van der Waals surface area contributed by atoms with E-state index in [0.29, 0.717) is 5.84 Å². The number of amidine groups is 1. The lowest BCUT2D eigenvalue weighted by Gasteiger charge is -2.30. The van der Waals surface area contributed by atoms with E-state index in [2.05, 4.69) is 15.5 Å². The van der Waals surface area contributed by atoms with Crippen LogP contribution in [0.25, 0.3) is 0 Å². The van der Waals surface area contributed by atoms with Gasteiger partial charge in [0.1, 0.15) is 0 Å². The minimum Gasteiger partial charge on any atom is -0.269 e. The lowest BCUT2D eigenvalue weighted by molar-refractivity contribution is -0.519. The zero-order chi connectivity index (χ0) is 18.8. The van der Waals surface area contributed by atoms with Gasteiger partial charge in [-0.05, 0) is 17.5 Å². The molecule has 1 saturated heterocycles. The molecule has 134 valence electrons. The van der Waals surface area contributed by atoms with Crippen LogP contribution in [0, 0.1) is 6.92 Å². The van der Waals surface area contributed by atoms with Gasteiger partial charge in [-0.1, -0.05) is 29.8 Å². The lowest BCUT2D eigenvalue weighted by atomic mass is 10.1. The first-order chi connectivity index (χ1) is 12.4. The van der Waals surface area contributed by atoms with E-state index in [9.17, 15) is 14.4 Å². The summed E-state index contributed by atoms with van der Waals surface area (Å²) >= 11 is 0. The number of hydrogen-bond acceptors (Lipinski definition) is 5. The van der Waals surface area contributed by atoms with Crippen molar-refractivity contribution >= 4 is 36.2 Å². The second kappa shape index (κ2) is 6.87. The highest BCUT2D eigenvalue weighted by Crippen LogP contribution is 2.16. The van der Waals surface area contributed by atoms with Crippen molar-refractivity contribution in [3.8, 4) is 0 Å². The fourth-order valence-electron chi connectivity index (χ4n) is 2.71. The normalized spacial score (nSPS) is 19.6. The molecule has 0 aliphatic carbocycles. The molecule has 2 aliphatic rings. The molecule has 0 bridgehead atoms. The predicted octanol–water partition coefficient (Wildman–Crippen LogP) is -0.210. The van der Waals surface area contributed by atoms with E-state index in [1.807, 2.05) is 31.2 Å². The maximum absolute atomic E-state index is 12.4. The molecule has 2 heterocycles. The number of carbonyl (C=O) groups excluding carboxylic acids is 3. The average molecular weight is 355 g/mol. The zero-order valence-electron chi connectivity index (χ0n) is 14.7. The van der Waals surface area contributed by atoms with Gasteiger partial charge < -0.3 is 0 Å². The second-order valence-electron chi connectivity index (χ2n) is 6.12. The summed E-state index contributed by atoms with van der Waals surface area (Å²) in [5, 5.41) is 3.92. The third kappa shape index (κ3) is 3.23. The van der Waals surface area contributed by atoms with Gasteiger partial charge in [0.25, 0.3) is 30.0 Å². The molecule has 1 fully saturated rings. The highest BCUT2D eigenvalue weighted by Gasteiger charge is 2.50. The number of imide groups is 1. The first-order valence-corrected chi connectivity index (χ1v) is 7.99. The third-order valence-corrected chi connectivity index (χ3v) is 4.20. The number of rotatable bonds is 4. The third-order valence-electron chi connectivity index (χ3n) is 4.20. The van der Waals surface area contributed by atoms with Gasteiger partial charge in [0, 0.05) is 14.1 Å². The standard InChI is InChI=1S/C17H18N6O3/c1-11-4-6-12(7-5-11)8-19-20-13(24)9-23-10-18-15-14(23)16(25)22(3)17(26)21(15)2/h4-8,10,14H,9H2,1-3H3/p+1/b19-8+. The van der Waals surface area contributed by atoms with Crippen LogP contribution in [0.3, 0.4) is 0 Å². The molecule has 1 unspecified atom stereocenters. The summed E-state index contributed by atoms with van der Waals surface area (Å²) in [5.74, 6) is -0.498. The first kappa shape index (κ1) is 17.5. The van der Waals surface area contributed by atoms with Gasteiger partial charge in [0.05, 0.1) is 6.21 Å². The van der Waals surface area contributed by atoms with Crippen molar-refractivity contribution in [3.05, 3.63) is 35.4 Å². The Labute approximate surface area is 150 Å². The molecule has 3 rings (SSSR count). The van der Waals surface area contributed by atoms with Crippen LogP contribution in [0.1, 0.15) is 11.1 Å². The first-order valence-electron chi connectivity index (χ1n) is 7.99. The van der Waals surface area contributed by atoms with Crippen LogP contribution in [-0.2, 0) is 9.59 Å². The molecule has 0 aromatic heterocycles. The Bertz CT molecular complexity index is 856. The van der Waals surface area contributed by atoms with E-state index in [0.717, 1.165) is 16.0 Å². The summed E-state index contributed by atoms with van der Waals surface area (Å²) in [7, 11) is 2.95. The number of likely N-dealkylation sites (N-methyl/N-ethyl adjacent to an activating group) is 2. The minimum atomic E-state index is -0.783. The molecular formula is C17H19N6O3+. The number of fused-ring (bicyclic) bond motifs is 1. The van der Waals surface area contributed by atoms with Crippen LogP contribution >= 0.6 is 0 Å². The van der Waals surface area contributed by atoms with E-state index in [4.69, 9.17) is 0 Å². The van der Waals surface area contributed by atoms with E-state index < -0.39 is 23.9 Å². The van der Waals surface area contributed by atoms with E-state index in [1.165, 1.54) is 22.9 Å². The Morgan fingerprint density at radius 1 is 1.27 bits per heavy atom. The molecule has 26 heavy (non-hydrogen) atoms. The molecule has 1 aromatic rings. The van der Waals surface area contributed by atoms with E-state index >= 15 is 0 Å². The van der Waals surface area contributed by atoms with Crippen molar-refractivity contribution in [2.45, 2.75) is 13.0 Å². The Balaban J connectivity index is 1.61. The molecule has 4 amide bonds. The molecule has 0 saturated carbocycles. The van der Waals surface area contributed by atoms with Crippen LogP contribution in [-0.4, -0.2) is 77.3 Å². The average Bonchev–Trinajstić information content (AvgIpc) is 3.03. The number of carbonyl (C=O) groups is 3. The fourth-order valence-corrected chi connectivity index (χ4v) is 2.71. The van der Waals surface area contributed by atoms with Crippen LogP contribution in [0.5, 0.6) is 0 Å². The van der Waals surface area contributed by atoms with Gasteiger partial charge in [-0.3, -0.25) is 19.4 Å². The van der Waals surface area contributed by atoms with E-state index in [1.54, 1.807) is 13.3 Å². The molecule has 9 heteroatoms. The number of benzene rings is 1. The number of nitrogens with one attached hydrogen (secondary N) is 1. The Hall–Kier alpha value is -3.36. The Kier molecular flexibility index (Phi) is 4.61. The molecule has 1 atom stereocenters. The van der Waals surface area contributed by atoms with Crippen molar-refractivity contribution in [2.75, 3.05) is 20.6 Å². The fraction of sp³-hybridized carbons (Fsp3) is 0.294. The number of hydrazone groups is 1. The maximum Gasteiger partial charge on any atom is 0.333 e. The zero-order valence-corrected chi connectivity index (χ0v) is 14.7. The number of amides is 4. The Morgan fingerprint density at radius 2 is 1.96 bits per heavy atom. The lowest BCUT2D eigenvalue weighted by Crippen LogP contribution is -2.61. The highest BCUT2D eigenvalue weighted by atomic mass is 16.2. The molecule has 0 radical (unpaired) electrons. The van der Waals surface area contributed by atoms with Gasteiger partial charge in [0.15, 0.2) is 6.54 Å². The summed E-state index contributed by atoms with van der Waals surface area (Å²) in [6.07, 6.45) is 2.93. The number of urea groups is 1. The smallest absolute Gasteiger partial charge is 0.269 e. The molecule has 1 N–H and O–H groups in total. The van der Waals surface area contributed by atoms with Gasteiger partial charge in [0.2, 0.25) is 0 Å². The SMILES string of the molecule is Cc1ccc(/C=N/NC(=O)C[N+]2=CN=C3C2C(=O)N(C)C(=O)N3C)cc1. The monoisotopic (exact) mass is 355 g/mol. The van der Waals surface area contributed by atoms with Gasteiger partial charge in [-0.2, -0.15) is 5.10 Å². The topological polar surface area (TPSA) is 97.5 Å². The summed E-state index contributed by atoms with van der Waals surface area (Å²) in [5.41, 5.74) is 4.42. The summed E-state index contributed by atoms with van der Waals surface area (Å²) in [6.45, 7) is 1.88. The summed E-state index contributed by atoms with van der Waals surface area (Å²) < 4.78 is 1.48. The van der Waals surface area contributed by atoms with Crippen LogP contribution in [0.15, 0.2) is 34.4 Å². The van der Waals surface area contributed by atoms with Crippen molar-refractivity contribution < 1.29 is 19.0 Å².